The van der Waals surface area contributed by atoms with Gasteiger partial charge in [-0.2, -0.15) is 13.2 Å². The number of para-hydroxylation sites is 1. The van der Waals surface area contributed by atoms with E-state index in [-0.39, 0.29) is 33.4 Å². The van der Waals surface area contributed by atoms with Gasteiger partial charge in [0.1, 0.15) is 0 Å². The molecule has 0 fully saturated rings. The average Bonchev–Trinajstić information content (AvgIpc) is 2.52. The number of allylic oxidation sites excluding steroid dienone is 1. The summed E-state index contributed by atoms with van der Waals surface area (Å²) in [4.78, 5) is -0.179. The molecular weight excluding hydrogens is 315 g/mol. The van der Waals surface area contributed by atoms with Crippen LogP contribution in [0.4, 0.5) is 18.9 Å². The molecule has 22 heavy (non-hydrogen) atoms. The number of rotatable bonds is 0. The zero-order valence-electron chi connectivity index (χ0n) is 11.1. The molecule has 0 unspecified atom stereocenters. The second-order valence-electron chi connectivity index (χ2n) is 4.75. The first kappa shape index (κ1) is 14.6. The van der Waals surface area contributed by atoms with Crippen LogP contribution in [-0.2, 0) is 10.0 Å². The lowest BCUT2D eigenvalue weighted by Crippen LogP contribution is -2.12. The third-order valence-electron chi connectivity index (χ3n) is 3.24. The molecule has 0 bridgehead atoms. The summed E-state index contributed by atoms with van der Waals surface area (Å²) in [6.07, 6.45) is -4.43. The normalized spacial score (nSPS) is 18.0. The summed E-state index contributed by atoms with van der Waals surface area (Å²) in [6, 6.07) is 11.6. The van der Waals surface area contributed by atoms with E-state index in [1.54, 1.807) is 12.1 Å². The summed E-state index contributed by atoms with van der Waals surface area (Å²) in [7, 11) is -3.94. The Bertz CT molecular complexity index is 870. The van der Waals surface area contributed by atoms with E-state index < -0.39 is 16.2 Å². The fourth-order valence-corrected chi connectivity index (χ4v) is 3.70. The van der Waals surface area contributed by atoms with Crippen LogP contribution in [0.3, 0.4) is 0 Å². The minimum Gasteiger partial charge on any atom is -0.279 e. The second-order valence-corrected chi connectivity index (χ2v) is 6.40. The van der Waals surface area contributed by atoms with Crippen molar-refractivity contribution in [2.45, 2.75) is 11.1 Å². The lowest BCUT2D eigenvalue weighted by molar-refractivity contribution is -0.0793. The van der Waals surface area contributed by atoms with Crippen molar-refractivity contribution in [3.8, 4) is 0 Å². The van der Waals surface area contributed by atoms with Gasteiger partial charge in [-0.25, -0.2) is 8.42 Å². The van der Waals surface area contributed by atoms with Crippen molar-refractivity contribution in [3.63, 3.8) is 0 Å². The van der Waals surface area contributed by atoms with Gasteiger partial charge in [-0.05, 0) is 17.7 Å². The van der Waals surface area contributed by atoms with Crippen molar-refractivity contribution in [3.05, 3.63) is 65.7 Å². The topological polar surface area (TPSA) is 46.2 Å². The van der Waals surface area contributed by atoms with Gasteiger partial charge in [-0.15, -0.1) is 0 Å². The minimum absolute atomic E-state index is 0.0253. The van der Waals surface area contributed by atoms with Crippen molar-refractivity contribution in [1.29, 1.82) is 0 Å². The Labute approximate surface area is 125 Å². The molecule has 7 heteroatoms. The summed E-state index contributed by atoms with van der Waals surface area (Å²) >= 11 is 0. The molecule has 3 nitrogen and oxygen atoms in total. The van der Waals surface area contributed by atoms with E-state index in [0.717, 1.165) is 0 Å². The predicted molar refractivity (Wildman–Crippen MR) is 76.8 cm³/mol. The average molecular weight is 325 g/mol. The number of halogens is 3. The van der Waals surface area contributed by atoms with Gasteiger partial charge in [0.2, 0.25) is 0 Å². The smallest absolute Gasteiger partial charge is 0.279 e. The van der Waals surface area contributed by atoms with Crippen LogP contribution in [0.1, 0.15) is 11.1 Å². The Kier molecular flexibility index (Phi) is 3.25. The second kappa shape index (κ2) is 4.88. The molecule has 0 aliphatic carbocycles. The lowest BCUT2D eigenvalue weighted by Gasteiger charge is -2.11. The predicted octanol–water partition coefficient (Wildman–Crippen LogP) is 3.79. The van der Waals surface area contributed by atoms with E-state index in [1.807, 2.05) is 0 Å². The molecule has 0 saturated heterocycles. The fourth-order valence-electron chi connectivity index (χ4n) is 2.39. The largest absolute Gasteiger partial charge is 0.410 e. The molecule has 2 aromatic carbocycles. The van der Waals surface area contributed by atoms with Crippen LogP contribution >= 0.6 is 0 Å². The van der Waals surface area contributed by atoms with Gasteiger partial charge in [-0.3, -0.25) is 4.72 Å². The summed E-state index contributed by atoms with van der Waals surface area (Å²) in [5.74, 6) is 0. The first-order valence-corrected chi connectivity index (χ1v) is 7.77. The maximum absolute atomic E-state index is 12.9. The zero-order chi connectivity index (χ0) is 16.0. The van der Waals surface area contributed by atoms with Crippen molar-refractivity contribution in [1.82, 2.24) is 0 Å². The van der Waals surface area contributed by atoms with E-state index in [4.69, 9.17) is 0 Å². The van der Waals surface area contributed by atoms with Crippen LogP contribution in [0.15, 0.2) is 59.5 Å². The molecule has 0 aromatic heterocycles. The maximum Gasteiger partial charge on any atom is 0.410 e. The van der Waals surface area contributed by atoms with Crippen LogP contribution < -0.4 is 4.72 Å². The van der Waals surface area contributed by atoms with E-state index in [9.17, 15) is 21.6 Å². The molecule has 0 radical (unpaired) electrons. The van der Waals surface area contributed by atoms with E-state index in [1.165, 1.54) is 36.4 Å². The summed E-state index contributed by atoms with van der Waals surface area (Å²) < 4.78 is 65.8. The van der Waals surface area contributed by atoms with E-state index in [2.05, 4.69) is 4.72 Å². The quantitative estimate of drug-likeness (QED) is 0.801. The number of hydrogen-bond acceptors (Lipinski definition) is 2. The Hall–Kier alpha value is -2.28. The van der Waals surface area contributed by atoms with Crippen molar-refractivity contribution < 1.29 is 21.6 Å². The number of nitrogens with one attached hydrogen (secondary N) is 1. The number of fused-ring (bicyclic) bond motifs is 2. The molecule has 3 rings (SSSR count). The Morgan fingerprint density at radius 1 is 0.909 bits per heavy atom. The third kappa shape index (κ3) is 2.59. The highest BCUT2D eigenvalue weighted by Gasteiger charge is 2.31. The lowest BCUT2D eigenvalue weighted by atomic mass is 9.96. The van der Waals surface area contributed by atoms with Crippen molar-refractivity contribution >= 4 is 21.3 Å². The monoisotopic (exact) mass is 325 g/mol. The van der Waals surface area contributed by atoms with Gasteiger partial charge in [0.25, 0.3) is 10.0 Å². The molecule has 1 aliphatic heterocycles. The molecule has 114 valence electrons. The van der Waals surface area contributed by atoms with Crippen LogP contribution in [0, 0.1) is 0 Å². The molecule has 1 heterocycles. The van der Waals surface area contributed by atoms with Crippen LogP contribution in [0.2, 0.25) is 0 Å². The van der Waals surface area contributed by atoms with Crippen LogP contribution in [0.25, 0.3) is 5.57 Å². The van der Waals surface area contributed by atoms with Gasteiger partial charge >= 0.3 is 6.18 Å². The molecule has 0 spiro atoms. The van der Waals surface area contributed by atoms with Crippen LogP contribution in [0.5, 0.6) is 0 Å². The fraction of sp³-hybridized carbons (Fsp3) is 0.0667. The van der Waals surface area contributed by atoms with Gasteiger partial charge < -0.3 is 0 Å². The summed E-state index contributed by atoms with van der Waals surface area (Å²) in [6.45, 7) is 0. The summed E-state index contributed by atoms with van der Waals surface area (Å²) in [5, 5.41) is 0. The molecule has 1 N–H and O–H groups in total. The molecule has 0 atom stereocenters. The van der Waals surface area contributed by atoms with Crippen LogP contribution in [-0.4, -0.2) is 14.6 Å². The molecule has 1 aliphatic rings. The maximum atomic E-state index is 12.9. The number of benzene rings is 2. The Balaban J connectivity index is 2.42. The van der Waals surface area contributed by atoms with Gasteiger partial charge in [0.15, 0.2) is 0 Å². The van der Waals surface area contributed by atoms with Gasteiger partial charge in [-0.1, -0.05) is 36.4 Å². The number of alkyl halides is 3. The zero-order valence-corrected chi connectivity index (χ0v) is 11.9. The molecule has 2 aromatic rings. The molecular formula is C15H10F3NO2S. The third-order valence-corrected chi connectivity index (χ3v) is 4.66. The van der Waals surface area contributed by atoms with E-state index >= 15 is 0 Å². The number of hydrogen-bond donors (Lipinski definition) is 1. The minimum atomic E-state index is -4.57. The Morgan fingerprint density at radius 3 is 2.18 bits per heavy atom. The SMILES string of the molecule is O=S1(=O)Nc2ccccc2/C(=C\C(F)(F)F)c2ccccc21. The number of anilines is 1. The molecule has 0 saturated carbocycles. The standard InChI is InChI=1S/C15H10F3NO2S/c16-15(17,18)9-12-10-5-1-3-7-13(10)19-22(20,21)14-8-4-2-6-11(12)14/h1-9,19H/b12-9+. The molecule has 0 amide bonds. The highest BCUT2D eigenvalue weighted by Crippen LogP contribution is 2.39. The highest BCUT2D eigenvalue weighted by molar-refractivity contribution is 7.92. The van der Waals surface area contributed by atoms with E-state index in [0.29, 0.717) is 0 Å². The van der Waals surface area contributed by atoms with Gasteiger partial charge in [0.05, 0.1) is 10.6 Å². The first-order valence-electron chi connectivity index (χ1n) is 6.29. The van der Waals surface area contributed by atoms with Crippen molar-refractivity contribution in [2.75, 3.05) is 4.72 Å². The first-order chi connectivity index (χ1) is 10.3. The van der Waals surface area contributed by atoms with Gasteiger partial charge in [0, 0.05) is 17.2 Å². The highest BCUT2D eigenvalue weighted by atomic mass is 32.2. The van der Waals surface area contributed by atoms with Crippen molar-refractivity contribution in [2.24, 2.45) is 0 Å². The number of sulfonamides is 1. The summed E-state index contributed by atoms with van der Waals surface area (Å²) in [5.41, 5.74) is 0.159. The Morgan fingerprint density at radius 2 is 1.50 bits per heavy atom.